The number of nitrogens with zero attached hydrogens (tertiary/aromatic N) is 6. The van der Waals surface area contributed by atoms with Crippen molar-refractivity contribution in [3.05, 3.63) is 29.5 Å². The van der Waals surface area contributed by atoms with Crippen molar-refractivity contribution in [2.24, 2.45) is 5.92 Å². The van der Waals surface area contributed by atoms with Gasteiger partial charge in [0.15, 0.2) is 5.69 Å². The number of rotatable bonds is 5. The van der Waals surface area contributed by atoms with Gasteiger partial charge in [-0.1, -0.05) is 12.1 Å². The molecule has 1 aliphatic rings. The van der Waals surface area contributed by atoms with E-state index >= 15 is 0 Å². The van der Waals surface area contributed by atoms with Crippen molar-refractivity contribution in [1.82, 2.24) is 25.0 Å². The van der Waals surface area contributed by atoms with Crippen molar-refractivity contribution in [3.63, 3.8) is 0 Å². The maximum Gasteiger partial charge on any atom is 0.358 e. The third-order valence-corrected chi connectivity index (χ3v) is 4.36. The van der Waals surface area contributed by atoms with E-state index in [4.69, 9.17) is 5.11 Å². The van der Waals surface area contributed by atoms with Gasteiger partial charge in [-0.05, 0) is 32.1 Å². The van der Waals surface area contributed by atoms with Crippen LogP contribution in [0.2, 0.25) is 0 Å². The standard InChI is InChI=1S/C16H22N6O2/c1-3-13-7-17-11(2)18-15(13)21-6-4-5-12(8-21)9-22-10-14(16(23)24)19-20-22/h7,10,12H,3-6,8-9H2,1-2H3,(H,23,24). The van der Waals surface area contributed by atoms with E-state index in [1.807, 2.05) is 13.1 Å². The second-order valence-corrected chi connectivity index (χ2v) is 6.20. The lowest BCUT2D eigenvalue weighted by molar-refractivity contribution is 0.0690. The van der Waals surface area contributed by atoms with Crippen molar-refractivity contribution < 1.29 is 9.90 Å². The first-order chi connectivity index (χ1) is 11.6. The second-order valence-electron chi connectivity index (χ2n) is 6.20. The van der Waals surface area contributed by atoms with Gasteiger partial charge in [-0.25, -0.2) is 14.8 Å². The van der Waals surface area contributed by atoms with Gasteiger partial charge in [0.1, 0.15) is 11.6 Å². The van der Waals surface area contributed by atoms with Gasteiger partial charge in [-0.15, -0.1) is 5.10 Å². The molecule has 0 saturated carbocycles. The summed E-state index contributed by atoms with van der Waals surface area (Å²) in [6.07, 6.45) is 6.48. The van der Waals surface area contributed by atoms with Crippen LogP contribution in [0.15, 0.2) is 12.4 Å². The zero-order valence-corrected chi connectivity index (χ0v) is 14.0. The third-order valence-electron chi connectivity index (χ3n) is 4.36. The van der Waals surface area contributed by atoms with E-state index in [9.17, 15) is 4.79 Å². The Balaban J connectivity index is 1.72. The number of anilines is 1. The Hall–Kier alpha value is -2.51. The maximum absolute atomic E-state index is 10.9. The minimum absolute atomic E-state index is 0.0117. The van der Waals surface area contributed by atoms with Gasteiger partial charge in [0.2, 0.25) is 0 Å². The smallest absolute Gasteiger partial charge is 0.358 e. The van der Waals surface area contributed by atoms with Crippen LogP contribution in [-0.4, -0.2) is 49.1 Å². The summed E-state index contributed by atoms with van der Waals surface area (Å²) in [4.78, 5) is 22.2. The number of aromatic nitrogens is 5. The first kappa shape index (κ1) is 16.4. The van der Waals surface area contributed by atoms with Crippen LogP contribution in [0.5, 0.6) is 0 Å². The molecule has 24 heavy (non-hydrogen) atoms. The molecule has 1 aliphatic heterocycles. The molecule has 128 valence electrons. The molecule has 1 N–H and O–H groups in total. The summed E-state index contributed by atoms with van der Waals surface area (Å²) >= 11 is 0. The third kappa shape index (κ3) is 3.52. The molecule has 8 nitrogen and oxygen atoms in total. The number of aromatic carboxylic acids is 1. The second kappa shape index (κ2) is 6.94. The summed E-state index contributed by atoms with van der Waals surface area (Å²) in [5.74, 6) is 1.16. The molecule has 0 spiro atoms. The predicted molar refractivity (Wildman–Crippen MR) is 88.1 cm³/mol. The molecule has 0 aliphatic carbocycles. The summed E-state index contributed by atoms with van der Waals surface area (Å²) in [6, 6.07) is 0. The Bertz CT molecular complexity index is 729. The van der Waals surface area contributed by atoms with Crippen LogP contribution in [0.4, 0.5) is 5.82 Å². The summed E-state index contributed by atoms with van der Waals surface area (Å²) in [5.41, 5.74) is 1.15. The monoisotopic (exact) mass is 330 g/mol. The molecule has 1 saturated heterocycles. The topological polar surface area (TPSA) is 97.0 Å². The van der Waals surface area contributed by atoms with Crippen LogP contribution >= 0.6 is 0 Å². The van der Waals surface area contributed by atoms with Gasteiger partial charge >= 0.3 is 5.97 Å². The van der Waals surface area contributed by atoms with Crippen LogP contribution in [0.1, 0.15) is 41.6 Å². The molecule has 2 aromatic rings. The zero-order valence-electron chi connectivity index (χ0n) is 14.0. The Morgan fingerprint density at radius 3 is 3.00 bits per heavy atom. The number of aryl methyl sites for hydroxylation is 2. The average Bonchev–Trinajstić information content (AvgIpc) is 3.04. The largest absolute Gasteiger partial charge is 0.476 e. The Morgan fingerprint density at radius 1 is 1.46 bits per heavy atom. The van der Waals surface area contributed by atoms with Crippen molar-refractivity contribution in [1.29, 1.82) is 0 Å². The number of piperidine rings is 1. The van der Waals surface area contributed by atoms with E-state index in [1.165, 1.54) is 6.20 Å². The first-order valence-corrected chi connectivity index (χ1v) is 8.27. The van der Waals surface area contributed by atoms with Gasteiger partial charge in [0.25, 0.3) is 0 Å². The Labute approximate surface area is 140 Å². The molecule has 0 aromatic carbocycles. The van der Waals surface area contributed by atoms with Gasteiger partial charge in [0, 0.05) is 31.4 Å². The van der Waals surface area contributed by atoms with E-state index < -0.39 is 5.97 Å². The van der Waals surface area contributed by atoms with Crippen molar-refractivity contribution >= 4 is 11.8 Å². The number of hydrogen-bond acceptors (Lipinski definition) is 6. The van der Waals surface area contributed by atoms with Crippen molar-refractivity contribution in [2.45, 2.75) is 39.7 Å². The van der Waals surface area contributed by atoms with E-state index in [0.29, 0.717) is 12.5 Å². The van der Waals surface area contributed by atoms with Gasteiger partial charge < -0.3 is 10.0 Å². The quantitative estimate of drug-likeness (QED) is 0.888. The molecule has 0 amide bonds. The SMILES string of the molecule is CCc1cnc(C)nc1N1CCCC(Cn2cc(C(=O)O)nn2)C1. The van der Waals surface area contributed by atoms with Crippen LogP contribution in [0.25, 0.3) is 0 Å². The Morgan fingerprint density at radius 2 is 2.29 bits per heavy atom. The summed E-state index contributed by atoms with van der Waals surface area (Å²) in [5, 5.41) is 16.5. The lowest BCUT2D eigenvalue weighted by Gasteiger charge is -2.34. The number of hydrogen-bond donors (Lipinski definition) is 1. The fraction of sp³-hybridized carbons (Fsp3) is 0.562. The fourth-order valence-corrected chi connectivity index (χ4v) is 3.16. The van der Waals surface area contributed by atoms with Gasteiger partial charge in [-0.3, -0.25) is 4.68 Å². The highest BCUT2D eigenvalue weighted by Crippen LogP contribution is 2.25. The van der Waals surface area contributed by atoms with Crippen molar-refractivity contribution in [3.8, 4) is 0 Å². The minimum Gasteiger partial charge on any atom is -0.476 e. The molecule has 1 unspecified atom stereocenters. The number of carboxylic acid groups (broad SMARTS) is 1. The first-order valence-electron chi connectivity index (χ1n) is 8.27. The van der Waals surface area contributed by atoms with Crippen LogP contribution < -0.4 is 4.90 Å². The molecule has 2 aromatic heterocycles. The van der Waals surface area contributed by atoms with E-state index in [1.54, 1.807) is 4.68 Å². The highest BCUT2D eigenvalue weighted by Gasteiger charge is 2.24. The predicted octanol–water partition coefficient (Wildman–Crippen LogP) is 1.55. The molecular weight excluding hydrogens is 308 g/mol. The van der Waals surface area contributed by atoms with Crippen molar-refractivity contribution in [2.75, 3.05) is 18.0 Å². The van der Waals surface area contributed by atoms with E-state index in [2.05, 4.69) is 32.1 Å². The lowest BCUT2D eigenvalue weighted by Crippen LogP contribution is -2.38. The summed E-state index contributed by atoms with van der Waals surface area (Å²) in [6.45, 7) is 6.56. The molecule has 1 atom stereocenters. The molecular formula is C16H22N6O2. The average molecular weight is 330 g/mol. The van der Waals surface area contributed by atoms with Crippen LogP contribution in [-0.2, 0) is 13.0 Å². The van der Waals surface area contributed by atoms with Gasteiger partial charge in [-0.2, -0.15) is 0 Å². The molecule has 0 bridgehead atoms. The van der Waals surface area contributed by atoms with Crippen LogP contribution in [0.3, 0.4) is 0 Å². The molecule has 0 radical (unpaired) electrons. The van der Waals surface area contributed by atoms with E-state index in [-0.39, 0.29) is 5.69 Å². The van der Waals surface area contributed by atoms with E-state index in [0.717, 1.165) is 49.6 Å². The normalized spacial score (nSPS) is 17.9. The molecule has 8 heteroatoms. The minimum atomic E-state index is -1.05. The number of carbonyl (C=O) groups is 1. The highest BCUT2D eigenvalue weighted by atomic mass is 16.4. The summed E-state index contributed by atoms with van der Waals surface area (Å²) < 4.78 is 1.63. The molecule has 3 heterocycles. The lowest BCUT2D eigenvalue weighted by atomic mass is 9.97. The fourth-order valence-electron chi connectivity index (χ4n) is 3.16. The maximum atomic E-state index is 10.9. The Kier molecular flexibility index (Phi) is 4.73. The van der Waals surface area contributed by atoms with Gasteiger partial charge in [0.05, 0.1) is 6.20 Å². The zero-order chi connectivity index (χ0) is 17.1. The molecule has 3 rings (SSSR count). The summed E-state index contributed by atoms with van der Waals surface area (Å²) in [7, 11) is 0. The number of carboxylic acids is 1. The van der Waals surface area contributed by atoms with Crippen LogP contribution in [0, 0.1) is 12.8 Å². The molecule has 1 fully saturated rings. The highest BCUT2D eigenvalue weighted by molar-refractivity contribution is 5.84.